The maximum Gasteiger partial charge on any atom is 0.121 e. The standard InChI is InChI=1S/C66H39N3/c1-2-22-53-44(15-1)54(42-32-36-52-50-21-8-14-28-60(50)66(62(52)38-42)57-25-11-5-18-47(57)48-19-6-12-26-58(48)66)39-63-64(53)68-69(67-63)43-33-29-40(30-34-43)41-31-35-51-49-20-7-13-27-59(49)65(61(51)37-41)55-23-9-3-16-45(55)46-17-4-10-24-56(46)65/h1-39H. The molecule has 1 heterocycles. The van der Waals surface area contributed by atoms with Crippen molar-refractivity contribution in [3.8, 4) is 72.4 Å². The molecule has 0 aliphatic heterocycles. The van der Waals surface area contributed by atoms with Gasteiger partial charge in [0, 0.05) is 5.39 Å². The fraction of sp³-hybridized carbons (Fsp3) is 0.0303. The summed E-state index contributed by atoms with van der Waals surface area (Å²) in [5.41, 5.74) is 27.8. The highest BCUT2D eigenvalue weighted by Crippen LogP contribution is 2.65. The normalized spacial score (nSPS) is 14.3. The van der Waals surface area contributed by atoms with Crippen LogP contribution in [0.2, 0.25) is 0 Å². The Morgan fingerprint density at radius 2 is 0.623 bits per heavy atom. The smallest absolute Gasteiger partial charge is 0.121 e. The summed E-state index contributed by atoms with van der Waals surface area (Å²) in [6.45, 7) is 0. The van der Waals surface area contributed by atoms with E-state index in [1.54, 1.807) is 0 Å². The largest absolute Gasteiger partial charge is 0.150 e. The minimum Gasteiger partial charge on any atom is -0.150 e. The Balaban J connectivity index is 0.810. The van der Waals surface area contributed by atoms with Gasteiger partial charge in [-0.05, 0) is 147 Å². The van der Waals surface area contributed by atoms with Crippen LogP contribution in [0.4, 0.5) is 0 Å². The van der Waals surface area contributed by atoms with E-state index in [9.17, 15) is 0 Å². The molecule has 0 amide bonds. The van der Waals surface area contributed by atoms with E-state index in [1.165, 1.54) is 100 Å². The van der Waals surface area contributed by atoms with Crippen LogP contribution in [0.3, 0.4) is 0 Å². The van der Waals surface area contributed by atoms with E-state index >= 15 is 0 Å². The molecule has 0 saturated heterocycles. The summed E-state index contributed by atoms with van der Waals surface area (Å²) < 4.78 is 0. The molecule has 16 rings (SSSR count). The summed E-state index contributed by atoms with van der Waals surface area (Å²) in [6.07, 6.45) is 0. The molecule has 0 atom stereocenters. The van der Waals surface area contributed by atoms with Crippen LogP contribution in [-0.4, -0.2) is 15.0 Å². The van der Waals surface area contributed by atoms with Gasteiger partial charge in [-0.15, -0.1) is 10.2 Å². The second kappa shape index (κ2) is 13.4. The lowest BCUT2D eigenvalue weighted by Gasteiger charge is -2.30. The van der Waals surface area contributed by atoms with Gasteiger partial charge in [-0.25, -0.2) is 0 Å². The Kier molecular flexibility index (Phi) is 7.21. The van der Waals surface area contributed by atoms with E-state index in [1.807, 2.05) is 4.80 Å². The SMILES string of the molecule is c1ccc2c(c1)-c1ccccc1C21c2ccccc2-c2ccc(-c3ccc(-n4nc5cc(-c6ccc7c(c6)C6(c8ccccc8-c8ccccc86)c6ccccc6-7)c6ccccc6c5n4)cc3)cc21. The van der Waals surface area contributed by atoms with Crippen molar-refractivity contribution in [3.05, 3.63) is 281 Å². The molecular weight excluding hydrogens is 835 g/mol. The lowest BCUT2D eigenvalue weighted by atomic mass is 9.70. The number of rotatable bonds is 3. The highest BCUT2D eigenvalue weighted by Gasteiger charge is 2.53. The molecule has 69 heavy (non-hydrogen) atoms. The van der Waals surface area contributed by atoms with Crippen LogP contribution in [0.15, 0.2) is 237 Å². The van der Waals surface area contributed by atoms with Crippen LogP contribution in [-0.2, 0) is 10.8 Å². The summed E-state index contributed by atoms with van der Waals surface area (Å²) in [5, 5.41) is 12.7. The quantitative estimate of drug-likeness (QED) is 0.177. The van der Waals surface area contributed by atoms with Crippen LogP contribution in [0.25, 0.3) is 94.3 Å². The van der Waals surface area contributed by atoms with Crippen molar-refractivity contribution in [2.75, 3.05) is 0 Å². The summed E-state index contributed by atoms with van der Waals surface area (Å²) in [6, 6.07) is 87.9. The molecule has 3 heteroatoms. The van der Waals surface area contributed by atoms with Gasteiger partial charge < -0.3 is 0 Å². The lowest BCUT2D eigenvalue weighted by Crippen LogP contribution is -2.25. The van der Waals surface area contributed by atoms with Crippen molar-refractivity contribution in [2.24, 2.45) is 0 Å². The second-order valence-corrected chi connectivity index (χ2v) is 19.2. The first-order valence-electron chi connectivity index (χ1n) is 24.0. The third-order valence-corrected chi connectivity index (χ3v) is 16.1. The molecule has 4 aliphatic rings. The molecule has 0 radical (unpaired) electrons. The molecule has 2 spiro atoms. The molecule has 12 aromatic rings. The third-order valence-electron chi connectivity index (χ3n) is 16.1. The van der Waals surface area contributed by atoms with E-state index in [2.05, 4.69) is 237 Å². The van der Waals surface area contributed by atoms with E-state index in [4.69, 9.17) is 10.2 Å². The van der Waals surface area contributed by atoms with Crippen LogP contribution >= 0.6 is 0 Å². The van der Waals surface area contributed by atoms with Gasteiger partial charge in [-0.2, -0.15) is 4.80 Å². The average molecular weight is 874 g/mol. The lowest BCUT2D eigenvalue weighted by molar-refractivity contribution is 0.766. The number of hydrogen-bond donors (Lipinski definition) is 0. The van der Waals surface area contributed by atoms with Crippen molar-refractivity contribution >= 4 is 21.8 Å². The van der Waals surface area contributed by atoms with Gasteiger partial charge >= 0.3 is 0 Å². The zero-order chi connectivity index (χ0) is 45.0. The van der Waals surface area contributed by atoms with Crippen molar-refractivity contribution in [3.63, 3.8) is 0 Å². The average Bonchev–Trinajstić information content (AvgIpc) is 4.21. The number of fused-ring (bicyclic) bond motifs is 23. The molecule has 0 saturated carbocycles. The van der Waals surface area contributed by atoms with E-state index < -0.39 is 5.41 Å². The van der Waals surface area contributed by atoms with Gasteiger partial charge in [-0.1, -0.05) is 206 Å². The first-order chi connectivity index (χ1) is 34.2. The third kappa shape index (κ3) is 4.62. The fourth-order valence-electron chi connectivity index (χ4n) is 13.4. The molecule has 318 valence electrons. The Hall–Kier alpha value is -8.92. The monoisotopic (exact) mass is 873 g/mol. The summed E-state index contributed by atoms with van der Waals surface area (Å²) in [5.74, 6) is 0. The van der Waals surface area contributed by atoms with E-state index in [0.717, 1.165) is 38.6 Å². The Morgan fingerprint density at radius 1 is 0.261 bits per heavy atom. The van der Waals surface area contributed by atoms with Crippen molar-refractivity contribution in [1.82, 2.24) is 15.0 Å². The first kappa shape index (κ1) is 37.2. The predicted octanol–water partition coefficient (Wildman–Crippen LogP) is 15.6. The maximum absolute atomic E-state index is 5.22. The Labute approximate surface area is 399 Å². The number of hydrogen-bond acceptors (Lipinski definition) is 2. The molecule has 0 unspecified atom stereocenters. The van der Waals surface area contributed by atoms with Crippen LogP contribution < -0.4 is 0 Å². The van der Waals surface area contributed by atoms with Gasteiger partial charge in [0.05, 0.1) is 16.5 Å². The molecule has 0 N–H and O–H groups in total. The van der Waals surface area contributed by atoms with Gasteiger partial charge in [0.15, 0.2) is 0 Å². The Morgan fingerprint density at radius 3 is 1.09 bits per heavy atom. The molecular formula is C66H39N3. The molecule has 1 aromatic heterocycles. The summed E-state index contributed by atoms with van der Waals surface area (Å²) in [7, 11) is 0. The molecule has 0 bridgehead atoms. The predicted molar refractivity (Wildman–Crippen MR) is 280 cm³/mol. The van der Waals surface area contributed by atoms with Crippen LogP contribution in [0, 0.1) is 0 Å². The highest BCUT2D eigenvalue weighted by atomic mass is 15.5. The summed E-state index contributed by atoms with van der Waals surface area (Å²) >= 11 is 0. The van der Waals surface area contributed by atoms with Gasteiger partial charge in [0.2, 0.25) is 0 Å². The number of nitrogens with zero attached hydrogens (tertiary/aromatic N) is 3. The van der Waals surface area contributed by atoms with Crippen LogP contribution in [0.1, 0.15) is 44.5 Å². The van der Waals surface area contributed by atoms with E-state index in [-0.39, 0.29) is 5.41 Å². The van der Waals surface area contributed by atoms with Crippen LogP contribution in [0.5, 0.6) is 0 Å². The topological polar surface area (TPSA) is 30.7 Å². The first-order valence-corrected chi connectivity index (χ1v) is 24.0. The van der Waals surface area contributed by atoms with Crippen molar-refractivity contribution < 1.29 is 0 Å². The van der Waals surface area contributed by atoms with Gasteiger partial charge in [-0.3, -0.25) is 0 Å². The van der Waals surface area contributed by atoms with Crippen molar-refractivity contribution in [1.29, 1.82) is 0 Å². The van der Waals surface area contributed by atoms with E-state index in [0.29, 0.717) is 0 Å². The van der Waals surface area contributed by atoms with Gasteiger partial charge in [0.1, 0.15) is 11.0 Å². The second-order valence-electron chi connectivity index (χ2n) is 19.2. The fourth-order valence-corrected chi connectivity index (χ4v) is 13.4. The summed E-state index contributed by atoms with van der Waals surface area (Å²) in [4.78, 5) is 1.81. The Bertz CT molecular complexity index is 4080. The number of benzene rings is 11. The van der Waals surface area contributed by atoms with Crippen molar-refractivity contribution in [2.45, 2.75) is 10.8 Å². The van der Waals surface area contributed by atoms with Gasteiger partial charge in [0.25, 0.3) is 0 Å². The minimum absolute atomic E-state index is 0.380. The maximum atomic E-state index is 5.22. The highest BCUT2D eigenvalue weighted by molar-refractivity contribution is 6.11. The molecule has 0 fully saturated rings. The molecule has 4 aliphatic carbocycles. The molecule has 11 aromatic carbocycles. The zero-order valence-corrected chi connectivity index (χ0v) is 37.4. The minimum atomic E-state index is -0.413. The zero-order valence-electron chi connectivity index (χ0n) is 37.4. The number of aromatic nitrogens is 3. The molecule has 3 nitrogen and oxygen atoms in total.